The van der Waals surface area contributed by atoms with Gasteiger partial charge in [-0.25, -0.2) is 9.99 Å². The maximum absolute atomic E-state index is 11.0. The third kappa shape index (κ3) is 3.30. The van der Waals surface area contributed by atoms with E-state index in [4.69, 9.17) is 0 Å². The van der Waals surface area contributed by atoms with E-state index >= 15 is 0 Å². The van der Waals surface area contributed by atoms with Gasteiger partial charge in [-0.15, -0.1) is 0 Å². The number of nitrogens with one attached hydrogen (secondary N) is 2. The van der Waals surface area contributed by atoms with Crippen molar-refractivity contribution in [1.82, 2.24) is 14.9 Å². The van der Waals surface area contributed by atoms with Crippen LogP contribution in [0.2, 0.25) is 0 Å². The summed E-state index contributed by atoms with van der Waals surface area (Å²) in [5, 5.41) is 15.8. The van der Waals surface area contributed by atoms with Crippen molar-refractivity contribution < 1.29 is 4.92 Å². The molecule has 2 N–H and O–H groups in total. The number of nitrogens with zero attached hydrogens (tertiary/aromatic N) is 4. The lowest BCUT2D eigenvalue weighted by molar-refractivity contribution is -0.384. The Morgan fingerprint density at radius 1 is 1.32 bits per heavy atom. The lowest BCUT2D eigenvalue weighted by Crippen LogP contribution is -2.47. The highest BCUT2D eigenvalue weighted by Crippen LogP contribution is 2.24. The molecular formula is C11H18N6O2. The topological polar surface area (TPSA) is 86.6 Å². The second-order valence-electron chi connectivity index (χ2n) is 4.47. The van der Waals surface area contributed by atoms with Crippen LogP contribution in [0.3, 0.4) is 0 Å². The Morgan fingerprint density at radius 2 is 2.00 bits per heavy atom. The molecule has 0 spiro atoms. The monoisotopic (exact) mass is 266 g/mol. The molecule has 19 heavy (non-hydrogen) atoms. The number of rotatable bonds is 4. The molecule has 1 aliphatic rings. The smallest absolute Gasteiger partial charge is 0.312 e. The summed E-state index contributed by atoms with van der Waals surface area (Å²) in [5.41, 5.74) is 3.02. The average Bonchev–Trinajstić information content (AvgIpc) is 2.41. The fourth-order valence-electron chi connectivity index (χ4n) is 1.89. The van der Waals surface area contributed by atoms with Gasteiger partial charge in [0.2, 0.25) is 5.82 Å². The van der Waals surface area contributed by atoms with Crippen molar-refractivity contribution >= 4 is 17.3 Å². The van der Waals surface area contributed by atoms with Gasteiger partial charge in [0.15, 0.2) is 0 Å². The molecule has 8 heteroatoms. The van der Waals surface area contributed by atoms with Crippen LogP contribution in [0.15, 0.2) is 12.1 Å². The molecule has 0 amide bonds. The Kier molecular flexibility index (Phi) is 4.13. The van der Waals surface area contributed by atoms with Crippen LogP contribution >= 0.6 is 0 Å². The Balaban J connectivity index is 2.15. The van der Waals surface area contributed by atoms with Gasteiger partial charge in [-0.05, 0) is 13.1 Å². The highest BCUT2D eigenvalue weighted by Gasteiger charge is 2.20. The molecule has 8 nitrogen and oxygen atoms in total. The number of hydrogen-bond acceptors (Lipinski definition) is 7. The molecule has 1 aromatic heterocycles. The second kappa shape index (κ2) is 5.81. The van der Waals surface area contributed by atoms with Gasteiger partial charge >= 0.3 is 5.69 Å². The van der Waals surface area contributed by atoms with Crippen molar-refractivity contribution in [1.29, 1.82) is 0 Å². The van der Waals surface area contributed by atoms with Gasteiger partial charge in [0, 0.05) is 39.3 Å². The van der Waals surface area contributed by atoms with Crippen LogP contribution < -0.4 is 10.7 Å². The van der Waals surface area contributed by atoms with E-state index in [-0.39, 0.29) is 11.5 Å². The van der Waals surface area contributed by atoms with E-state index in [0.29, 0.717) is 5.82 Å². The van der Waals surface area contributed by atoms with Crippen molar-refractivity contribution in [2.45, 2.75) is 0 Å². The maximum atomic E-state index is 11.0. The number of anilines is 2. The molecule has 104 valence electrons. The first-order valence-electron chi connectivity index (χ1n) is 6.13. The molecule has 1 aromatic rings. The van der Waals surface area contributed by atoms with Crippen molar-refractivity contribution in [3.05, 3.63) is 22.2 Å². The van der Waals surface area contributed by atoms with E-state index in [0.717, 1.165) is 26.2 Å². The van der Waals surface area contributed by atoms with Crippen molar-refractivity contribution in [2.24, 2.45) is 0 Å². The molecule has 0 radical (unpaired) electrons. The lowest BCUT2D eigenvalue weighted by Gasteiger charge is -2.32. The number of hydrogen-bond donors (Lipinski definition) is 2. The van der Waals surface area contributed by atoms with Gasteiger partial charge in [-0.1, -0.05) is 0 Å². The highest BCUT2D eigenvalue weighted by molar-refractivity contribution is 5.59. The van der Waals surface area contributed by atoms with Crippen molar-refractivity contribution in [3.8, 4) is 0 Å². The normalized spacial score (nSPS) is 17.2. The Bertz CT molecular complexity index is 458. The van der Waals surface area contributed by atoms with E-state index in [1.807, 2.05) is 5.01 Å². The van der Waals surface area contributed by atoms with E-state index in [1.54, 1.807) is 13.1 Å². The van der Waals surface area contributed by atoms with Gasteiger partial charge in [0.1, 0.15) is 5.82 Å². The first-order chi connectivity index (χ1) is 9.10. The van der Waals surface area contributed by atoms with Crippen LogP contribution in [0.25, 0.3) is 0 Å². The van der Waals surface area contributed by atoms with Gasteiger partial charge in [-0.3, -0.25) is 15.5 Å². The minimum absolute atomic E-state index is 0.0158. The van der Waals surface area contributed by atoms with Crippen LogP contribution in [-0.4, -0.2) is 60.1 Å². The molecule has 0 atom stereocenters. The minimum Gasteiger partial charge on any atom is -0.373 e. The number of aromatic nitrogens is 1. The largest absolute Gasteiger partial charge is 0.373 e. The van der Waals surface area contributed by atoms with Gasteiger partial charge < -0.3 is 10.2 Å². The summed E-state index contributed by atoms with van der Waals surface area (Å²) in [5.74, 6) is 0.878. The average molecular weight is 266 g/mol. The standard InChI is InChI=1S/C11H18N6O2/c1-12-10-4-3-9(17(18)19)11(13-10)14-16-7-5-15(2)6-8-16/h3-4H,5-8H2,1-2H3,(H2,12,13,14). The molecular weight excluding hydrogens is 248 g/mol. The predicted octanol–water partition coefficient (Wildman–Crippen LogP) is 0.606. The van der Waals surface area contributed by atoms with Crippen LogP contribution in [0, 0.1) is 10.1 Å². The number of hydrazine groups is 1. The Morgan fingerprint density at radius 3 is 2.58 bits per heavy atom. The van der Waals surface area contributed by atoms with Crippen LogP contribution in [0.5, 0.6) is 0 Å². The van der Waals surface area contributed by atoms with Gasteiger partial charge in [0.25, 0.3) is 0 Å². The van der Waals surface area contributed by atoms with Crippen LogP contribution in [0.4, 0.5) is 17.3 Å². The summed E-state index contributed by atoms with van der Waals surface area (Å²) in [7, 11) is 3.79. The van der Waals surface area contributed by atoms with Gasteiger partial charge in [0.05, 0.1) is 4.92 Å². The molecule has 0 bridgehead atoms. The first-order valence-corrected chi connectivity index (χ1v) is 6.13. The minimum atomic E-state index is -0.426. The number of piperazine rings is 1. The number of likely N-dealkylation sites (N-methyl/N-ethyl adjacent to an activating group) is 1. The summed E-state index contributed by atoms with van der Waals surface area (Å²) in [6.45, 7) is 3.46. The zero-order valence-corrected chi connectivity index (χ0v) is 11.1. The molecule has 0 aromatic carbocycles. The quantitative estimate of drug-likeness (QED) is 0.609. The Labute approximate surface area is 111 Å². The molecule has 1 saturated heterocycles. The number of pyridine rings is 1. The zero-order chi connectivity index (χ0) is 13.8. The summed E-state index contributed by atoms with van der Waals surface area (Å²) in [4.78, 5) is 17.0. The summed E-state index contributed by atoms with van der Waals surface area (Å²) < 4.78 is 0. The van der Waals surface area contributed by atoms with Crippen molar-refractivity contribution in [2.75, 3.05) is 51.0 Å². The van der Waals surface area contributed by atoms with Crippen molar-refractivity contribution in [3.63, 3.8) is 0 Å². The van der Waals surface area contributed by atoms with E-state index < -0.39 is 4.92 Å². The maximum Gasteiger partial charge on any atom is 0.312 e. The molecule has 2 heterocycles. The molecule has 1 aliphatic heterocycles. The Hall–Kier alpha value is -1.93. The fourth-order valence-corrected chi connectivity index (χ4v) is 1.89. The molecule has 0 aliphatic carbocycles. The summed E-state index contributed by atoms with van der Waals surface area (Å²) in [6, 6.07) is 3.05. The van der Waals surface area contributed by atoms with Crippen LogP contribution in [-0.2, 0) is 0 Å². The first kappa shape index (κ1) is 13.5. The van der Waals surface area contributed by atoms with E-state index in [9.17, 15) is 10.1 Å². The zero-order valence-electron chi connectivity index (χ0n) is 11.1. The van der Waals surface area contributed by atoms with E-state index in [1.165, 1.54) is 6.07 Å². The molecule has 2 rings (SSSR count). The predicted molar refractivity (Wildman–Crippen MR) is 73.1 cm³/mol. The van der Waals surface area contributed by atoms with E-state index in [2.05, 4.69) is 27.7 Å². The second-order valence-corrected chi connectivity index (χ2v) is 4.47. The summed E-state index contributed by atoms with van der Waals surface area (Å²) >= 11 is 0. The molecule has 0 saturated carbocycles. The lowest BCUT2D eigenvalue weighted by atomic mass is 10.3. The third-order valence-electron chi connectivity index (χ3n) is 3.09. The molecule has 1 fully saturated rings. The van der Waals surface area contributed by atoms with Crippen LogP contribution in [0.1, 0.15) is 0 Å². The number of nitro groups is 1. The highest BCUT2D eigenvalue weighted by atomic mass is 16.6. The molecule has 0 unspecified atom stereocenters. The fraction of sp³-hybridized carbons (Fsp3) is 0.545. The van der Waals surface area contributed by atoms with Gasteiger partial charge in [-0.2, -0.15) is 0 Å². The summed E-state index contributed by atoms with van der Waals surface area (Å²) in [6.07, 6.45) is 0. The SMILES string of the molecule is CNc1ccc([N+](=O)[O-])c(NN2CCN(C)CC2)n1. The third-order valence-corrected chi connectivity index (χ3v) is 3.09.